The molecule has 7 nitrogen and oxygen atoms in total. The van der Waals surface area contributed by atoms with Crippen molar-refractivity contribution in [3.05, 3.63) is 95.3 Å². The number of rotatable bonds is 6. The molecule has 5 aromatic rings. The Hall–Kier alpha value is -4.50. The molecule has 0 saturated carbocycles. The molecule has 1 aromatic heterocycles. The van der Waals surface area contributed by atoms with Crippen LogP contribution in [0.3, 0.4) is 0 Å². The molecule has 0 spiro atoms. The molecule has 9 heteroatoms. The van der Waals surface area contributed by atoms with Crippen LogP contribution < -0.4 is 15.8 Å². The van der Waals surface area contributed by atoms with Crippen LogP contribution in [-0.4, -0.2) is 27.3 Å². The van der Waals surface area contributed by atoms with Gasteiger partial charge in [-0.15, -0.1) is 0 Å². The highest BCUT2D eigenvalue weighted by molar-refractivity contribution is 7.85. The summed E-state index contributed by atoms with van der Waals surface area (Å²) in [5, 5.41) is 4.58. The van der Waals surface area contributed by atoms with Crippen LogP contribution in [0.4, 0.5) is 15.8 Å². The predicted molar refractivity (Wildman–Crippen MR) is 147 cm³/mol. The van der Waals surface area contributed by atoms with Crippen molar-refractivity contribution in [3.63, 3.8) is 0 Å². The van der Waals surface area contributed by atoms with E-state index in [1.807, 2.05) is 43.3 Å². The van der Waals surface area contributed by atoms with Crippen molar-refractivity contribution in [3.8, 4) is 11.1 Å². The molecule has 1 unspecified atom stereocenters. The first-order valence-electron chi connectivity index (χ1n) is 11.4. The first kappa shape index (κ1) is 24.2. The fourth-order valence-corrected chi connectivity index (χ4v) is 4.99. The molecule has 0 radical (unpaired) electrons. The topological polar surface area (TPSA) is 117 Å². The average Bonchev–Trinajstić information content (AvgIpc) is 3.23. The molecule has 186 valence electrons. The summed E-state index contributed by atoms with van der Waals surface area (Å²) in [7, 11) is -1.24. The van der Waals surface area contributed by atoms with Crippen molar-refractivity contribution < 1.29 is 18.2 Å². The van der Waals surface area contributed by atoms with Gasteiger partial charge < -0.3 is 20.8 Å². The van der Waals surface area contributed by atoms with E-state index in [1.54, 1.807) is 18.4 Å². The van der Waals surface area contributed by atoms with E-state index in [2.05, 4.69) is 15.0 Å². The van der Waals surface area contributed by atoms with Gasteiger partial charge in [-0.25, -0.2) is 8.60 Å². The highest BCUT2D eigenvalue weighted by Crippen LogP contribution is 2.39. The largest absolute Gasteiger partial charge is 0.366 e. The minimum atomic E-state index is -1.24. The van der Waals surface area contributed by atoms with E-state index in [0.29, 0.717) is 28.0 Å². The maximum absolute atomic E-state index is 13.3. The van der Waals surface area contributed by atoms with Crippen LogP contribution in [0.15, 0.2) is 72.8 Å². The summed E-state index contributed by atoms with van der Waals surface area (Å²) in [6, 6.07) is 20.0. The Kier molecular flexibility index (Phi) is 6.22. The lowest BCUT2D eigenvalue weighted by molar-refractivity contribution is 0.0999. The third kappa shape index (κ3) is 4.56. The number of halogens is 1. The number of primary amides is 1. The van der Waals surface area contributed by atoms with Crippen molar-refractivity contribution in [2.45, 2.75) is 6.92 Å². The molecule has 0 bridgehead atoms. The van der Waals surface area contributed by atoms with Gasteiger partial charge in [-0.05, 0) is 72.1 Å². The number of amides is 2. The molecule has 1 heterocycles. The predicted octanol–water partition coefficient (Wildman–Crippen LogP) is 5.49. The number of aromatic nitrogens is 1. The molecular weight excluding hydrogens is 491 g/mol. The number of carbonyl (C=O) groups is 2. The maximum atomic E-state index is 13.3. The molecule has 0 saturated heterocycles. The number of fused-ring (bicyclic) bond motifs is 3. The fraction of sp³-hybridized carbons (Fsp3) is 0.0714. The molecule has 0 aliphatic heterocycles. The molecular formula is C28H23FN4O3S. The molecule has 0 aliphatic carbocycles. The van der Waals surface area contributed by atoms with Gasteiger partial charge in [0.1, 0.15) is 16.8 Å². The SMILES string of the molecule is Cc1c(NC(=O)c2ccc(F)cc2)cccc1-c1ccc(C(N)=O)c2[nH]c3cc(NS(C)=O)ccc3c12. The van der Waals surface area contributed by atoms with E-state index < -0.39 is 22.7 Å². The zero-order valence-electron chi connectivity index (χ0n) is 20.0. The Labute approximate surface area is 214 Å². The normalized spacial score (nSPS) is 12.0. The van der Waals surface area contributed by atoms with Gasteiger partial charge in [-0.1, -0.05) is 24.3 Å². The summed E-state index contributed by atoms with van der Waals surface area (Å²) in [4.78, 5) is 28.3. The van der Waals surface area contributed by atoms with E-state index in [1.165, 1.54) is 24.3 Å². The van der Waals surface area contributed by atoms with Gasteiger partial charge >= 0.3 is 0 Å². The van der Waals surface area contributed by atoms with Crippen LogP contribution in [0.2, 0.25) is 0 Å². The lowest BCUT2D eigenvalue weighted by Gasteiger charge is -2.15. The van der Waals surface area contributed by atoms with Crippen molar-refractivity contribution in [1.82, 2.24) is 4.98 Å². The lowest BCUT2D eigenvalue weighted by Crippen LogP contribution is -2.13. The van der Waals surface area contributed by atoms with E-state index in [0.717, 1.165) is 33.0 Å². The molecule has 5 N–H and O–H groups in total. The average molecular weight is 515 g/mol. The Morgan fingerprint density at radius 1 is 0.973 bits per heavy atom. The van der Waals surface area contributed by atoms with Gasteiger partial charge in [-0.3, -0.25) is 9.59 Å². The van der Waals surface area contributed by atoms with Crippen LogP contribution in [-0.2, 0) is 11.0 Å². The summed E-state index contributed by atoms with van der Waals surface area (Å²) >= 11 is 0. The number of benzene rings is 4. The van der Waals surface area contributed by atoms with Crippen LogP contribution in [0.5, 0.6) is 0 Å². The summed E-state index contributed by atoms with van der Waals surface area (Å²) in [6.45, 7) is 1.90. The smallest absolute Gasteiger partial charge is 0.255 e. The highest BCUT2D eigenvalue weighted by atomic mass is 32.2. The van der Waals surface area contributed by atoms with Crippen LogP contribution in [0, 0.1) is 12.7 Å². The second-order valence-corrected chi connectivity index (χ2v) is 9.77. The zero-order valence-corrected chi connectivity index (χ0v) is 20.8. The minimum absolute atomic E-state index is 0.341. The number of nitrogens with two attached hydrogens (primary N) is 1. The van der Waals surface area contributed by atoms with Gasteiger partial charge in [0.15, 0.2) is 0 Å². The quantitative estimate of drug-likeness (QED) is 0.240. The number of hydrogen-bond acceptors (Lipinski definition) is 3. The van der Waals surface area contributed by atoms with Crippen molar-refractivity contribution in [2.24, 2.45) is 5.73 Å². The molecule has 4 aromatic carbocycles. The third-order valence-electron chi connectivity index (χ3n) is 6.26. The maximum Gasteiger partial charge on any atom is 0.255 e. The summed E-state index contributed by atoms with van der Waals surface area (Å²) < 4.78 is 27.8. The highest BCUT2D eigenvalue weighted by Gasteiger charge is 2.19. The van der Waals surface area contributed by atoms with Crippen LogP contribution in [0.1, 0.15) is 26.3 Å². The number of carbonyl (C=O) groups excluding carboxylic acids is 2. The van der Waals surface area contributed by atoms with E-state index in [4.69, 9.17) is 5.73 Å². The Balaban J connectivity index is 1.65. The summed E-state index contributed by atoms with van der Waals surface area (Å²) in [5.74, 6) is -1.33. The third-order valence-corrected chi connectivity index (χ3v) is 6.78. The number of anilines is 2. The van der Waals surface area contributed by atoms with Gasteiger partial charge in [0.25, 0.3) is 11.8 Å². The fourth-order valence-electron chi connectivity index (χ4n) is 4.53. The van der Waals surface area contributed by atoms with Crippen LogP contribution in [0.25, 0.3) is 32.9 Å². The summed E-state index contributed by atoms with van der Waals surface area (Å²) in [6.07, 6.45) is 1.54. The molecule has 1 atom stereocenters. The van der Waals surface area contributed by atoms with Gasteiger partial charge in [0.05, 0.1) is 11.1 Å². The summed E-state index contributed by atoms with van der Waals surface area (Å²) in [5.41, 5.74) is 11.5. The zero-order chi connectivity index (χ0) is 26.3. The molecule has 2 amide bonds. The number of nitrogens with one attached hydrogen (secondary N) is 3. The number of hydrogen-bond donors (Lipinski definition) is 4. The van der Waals surface area contributed by atoms with Gasteiger partial charge in [0, 0.05) is 39.5 Å². The first-order valence-corrected chi connectivity index (χ1v) is 12.9. The van der Waals surface area contributed by atoms with Gasteiger partial charge in [0.2, 0.25) is 0 Å². The first-order chi connectivity index (χ1) is 17.7. The molecule has 0 aliphatic rings. The van der Waals surface area contributed by atoms with Crippen molar-refractivity contribution in [1.29, 1.82) is 0 Å². The Morgan fingerprint density at radius 3 is 2.43 bits per heavy atom. The monoisotopic (exact) mass is 514 g/mol. The van der Waals surface area contributed by atoms with E-state index >= 15 is 0 Å². The second kappa shape index (κ2) is 9.51. The second-order valence-electron chi connectivity index (χ2n) is 8.66. The Bertz CT molecular complexity index is 1730. The minimum Gasteiger partial charge on any atom is -0.366 e. The molecule has 37 heavy (non-hydrogen) atoms. The molecule has 5 rings (SSSR count). The van der Waals surface area contributed by atoms with Crippen molar-refractivity contribution >= 4 is 56.0 Å². The lowest BCUT2D eigenvalue weighted by atomic mass is 9.93. The van der Waals surface area contributed by atoms with Gasteiger partial charge in [-0.2, -0.15) is 0 Å². The number of H-pyrrole nitrogens is 1. The van der Waals surface area contributed by atoms with E-state index in [-0.39, 0.29) is 5.91 Å². The van der Waals surface area contributed by atoms with Crippen LogP contribution >= 0.6 is 0 Å². The Morgan fingerprint density at radius 2 is 1.73 bits per heavy atom. The number of aromatic amines is 1. The van der Waals surface area contributed by atoms with Crippen molar-refractivity contribution in [2.75, 3.05) is 16.3 Å². The van der Waals surface area contributed by atoms with E-state index in [9.17, 15) is 18.2 Å². The molecule has 0 fully saturated rings. The standard InChI is InChI=1S/C28H23FN4O3S/c1-15-19(4-3-5-23(15)32-28(35)16-6-8-17(29)9-7-16)20-12-13-22(27(30)34)26-25(20)21-11-10-18(33-37(2)36)14-24(21)31-26/h3-14,31,33H,1-2H3,(H2,30,34)(H,32,35).